The molecule has 0 N–H and O–H groups in total. The smallest absolute Gasteiger partial charge is 0.0140 e. The van der Waals surface area contributed by atoms with Gasteiger partial charge in [0.1, 0.15) is 0 Å². The first-order valence-electron chi connectivity index (χ1n) is 2.70. The number of rotatable bonds is 0. The molecule has 0 saturated heterocycles. The van der Waals surface area contributed by atoms with E-state index in [0.29, 0.717) is 0 Å². The van der Waals surface area contributed by atoms with E-state index in [1.54, 1.807) is 0 Å². The van der Waals surface area contributed by atoms with Crippen LogP contribution in [0.15, 0.2) is 12.2 Å². The fourth-order valence-electron chi connectivity index (χ4n) is 0. The molecule has 0 rings (SSSR count). The summed E-state index contributed by atoms with van der Waals surface area (Å²) in [5.74, 6) is 0. The highest BCUT2D eigenvalue weighted by Gasteiger charge is 1.58. The Morgan fingerprint density at radius 3 is 1.11 bits per heavy atom. The summed E-state index contributed by atoms with van der Waals surface area (Å²) >= 11 is 0. The van der Waals surface area contributed by atoms with E-state index in [2.05, 4.69) is 6.58 Å². The topological polar surface area (TPSA) is 3.24 Å². The average molecular weight is 131 g/mol. The first kappa shape index (κ1) is 15.9. The van der Waals surface area contributed by atoms with Crippen LogP contribution in [-0.4, -0.2) is 26.0 Å². The maximum Gasteiger partial charge on any atom is -0.0140 e. The predicted molar refractivity (Wildman–Crippen MR) is 46.8 cm³/mol. The summed E-state index contributed by atoms with van der Waals surface area (Å²) in [5, 5.41) is 0. The highest BCUT2D eigenvalue weighted by Crippen LogP contribution is 1.73. The zero-order valence-electron chi connectivity index (χ0n) is 6.65. The molecule has 9 heavy (non-hydrogen) atoms. The first-order chi connectivity index (χ1) is 3.46. The van der Waals surface area contributed by atoms with Crippen molar-refractivity contribution in [2.45, 2.75) is 21.3 Å². The SMILES string of the molecule is C.C=C(C)C.CN(C)C. The number of hydrogen-bond acceptors (Lipinski definition) is 1. The van der Waals surface area contributed by atoms with Crippen LogP contribution in [0.1, 0.15) is 21.3 Å². The van der Waals surface area contributed by atoms with Crippen LogP contribution in [0, 0.1) is 0 Å². The van der Waals surface area contributed by atoms with Gasteiger partial charge in [0.05, 0.1) is 0 Å². The molecule has 0 saturated carbocycles. The third-order valence-corrected chi connectivity index (χ3v) is 0. The second-order valence-corrected chi connectivity index (χ2v) is 2.55. The molecule has 0 aromatic carbocycles. The third kappa shape index (κ3) is 2780. The van der Waals surface area contributed by atoms with Crippen LogP contribution in [0.5, 0.6) is 0 Å². The maximum absolute atomic E-state index is 3.56. The summed E-state index contributed by atoms with van der Waals surface area (Å²) in [4.78, 5) is 2.00. The molecule has 0 fully saturated rings. The highest BCUT2D eigenvalue weighted by molar-refractivity contribution is 4.78. The van der Waals surface area contributed by atoms with E-state index in [4.69, 9.17) is 0 Å². The molecule has 0 spiro atoms. The van der Waals surface area contributed by atoms with Gasteiger partial charge in [0, 0.05) is 0 Å². The minimum Gasteiger partial charge on any atom is -0.312 e. The molecule has 0 aliphatic heterocycles. The molecule has 0 heterocycles. The lowest BCUT2D eigenvalue weighted by Gasteiger charge is -1.90. The first-order valence-corrected chi connectivity index (χ1v) is 2.70. The Bertz CT molecular complexity index is 48.8. The summed E-state index contributed by atoms with van der Waals surface area (Å²) in [7, 11) is 6.00. The van der Waals surface area contributed by atoms with Gasteiger partial charge in [-0.3, -0.25) is 0 Å². The summed E-state index contributed by atoms with van der Waals surface area (Å²) in [5.41, 5.74) is 1.17. The van der Waals surface area contributed by atoms with Crippen LogP contribution in [0.3, 0.4) is 0 Å². The standard InChI is InChI=1S/C4H8.C3H9N.CH4/c2*1-4(2)3;/h1H2,2-3H3;1-3H3;1H4. The largest absolute Gasteiger partial charge is 0.312 e. The molecule has 0 aliphatic rings. The van der Waals surface area contributed by atoms with E-state index < -0.39 is 0 Å². The van der Waals surface area contributed by atoms with E-state index in [1.807, 2.05) is 39.9 Å². The van der Waals surface area contributed by atoms with Gasteiger partial charge >= 0.3 is 0 Å². The Labute approximate surface area is 60.4 Å². The molecule has 1 nitrogen and oxygen atoms in total. The zero-order valence-corrected chi connectivity index (χ0v) is 6.65. The van der Waals surface area contributed by atoms with Crippen molar-refractivity contribution >= 4 is 0 Å². The molecule has 0 aromatic rings. The molecule has 0 atom stereocenters. The van der Waals surface area contributed by atoms with E-state index >= 15 is 0 Å². The van der Waals surface area contributed by atoms with Crippen molar-refractivity contribution in [3.05, 3.63) is 12.2 Å². The van der Waals surface area contributed by atoms with E-state index in [1.165, 1.54) is 5.57 Å². The van der Waals surface area contributed by atoms with Crippen molar-refractivity contribution in [1.82, 2.24) is 4.90 Å². The minimum absolute atomic E-state index is 0. The van der Waals surface area contributed by atoms with E-state index in [0.717, 1.165) is 0 Å². The Kier molecular flexibility index (Phi) is 18.8. The van der Waals surface area contributed by atoms with Crippen LogP contribution in [0.25, 0.3) is 0 Å². The van der Waals surface area contributed by atoms with E-state index in [9.17, 15) is 0 Å². The Morgan fingerprint density at radius 2 is 1.11 bits per heavy atom. The van der Waals surface area contributed by atoms with Gasteiger partial charge in [-0.1, -0.05) is 13.0 Å². The second kappa shape index (κ2) is 10.6. The van der Waals surface area contributed by atoms with Gasteiger partial charge in [0.25, 0.3) is 0 Å². The average Bonchev–Trinajstić information content (AvgIpc) is 1.25. The maximum atomic E-state index is 3.56. The fourth-order valence-corrected chi connectivity index (χ4v) is 0. The van der Waals surface area contributed by atoms with Gasteiger partial charge in [-0.2, -0.15) is 0 Å². The molecule has 0 radical (unpaired) electrons. The van der Waals surface area contributed by atoms with Gasteiger partial charge in [-0.15, -0.1) is 6.58 Å². The summed E-state index contributed by atoms with van der Waals surface area (Å²) in [6.45, 7) is 7.50. The van der Waals surface area contributed by atoms with Crippen LogP contribution >= 0.6 is 0 Å². The zero-order chi connectivity index (χ0) is 7.15. The lowest BCUT2D eigenvalue weighted by molar-refractivity contribution is 0.505. The van der Waals surface area contributed by atoms with Gasteiger partial charge in [-0.25, -0.2) is 0 Å². The Hall–Kier alpha value is -0.300. The van der Waals surface area contributed by atoms with Gasteiger partial charge in [0.15, 0.2) is 0 Å². The van der Waals surface area contributed by atoms with Crippen LogP contribution in [0.4, 0.5) is 0 Å². The van der Waals surface area contributed by atoms with Crippen molar-refractivity contribution in [3.8, 4) is 0 Å². The predicted octanol–water partition coefficient (Wildman–Crippen LogP) is 2.40. The molecule has 0 amide bonds. The summed E-state index contributed by atoms with van der Waals surface area (Å²) < 4.78 is 0. The quantitative estimate of drug-likeness (QED) is 0.456. The molecule has 1 heteroatoms. The minimum atomic E-state index is 0. The van der Waals surface area contributed by atoms with Crippen LogP contribution < -0.4 is 0 Å². The summed E-state index contributed by atoms with van der Waals surface area (Å²) in [6.07, 6.45) is 0. The Balaban J connectivity index is -0.0000000720. The van der Waals surface area contributed by atoms with E-state index in [-0.39, 0.29) is 7.43 Å². The summed E-state index contributed by atoms with van der Waals surface area (Å²) in [6, 6.07) is 0. The van der Waals surface area contributed by atoms with Crippen molar-refractivity contribution in [2.75, 3.05) is 21.1 Å². The van der Waals surface area contributed by atoms with Crippen molar-refractivity contribution in [1.29, 1.82) is 0 Å². The Morgan fingerprint density at radius 1 is 1.11 bits per heavy atom. The van der Waals surface area contributed by atoms with Crippen LogP contribution in [-0.2, 0) is 0 Å². The van der Waals surface area contributed by atoms with Gasteiger partial charge in [-0.05, 0) is 35.0 Å². The molecule has 0 bridgehead atoms. The van der Waals surface area contributed by atoms with Gasteiger partial charge in [0.2, 0.25) is 0 Å². The molecule has 58 valence electrons. The molecule has 0 aliphatic carbocycles. The second-order valence-electron chi connectivity index (χ2n) is 2.55. The molecule has 0 aromatic heterocycles. The van der Waals surface area contributed by atoms with Crippen molar-refractivity contribution in [3.63, 3.8) is 0 Å². The normalized spacial score (nSPS) is 6.89. The fraction of sp³-hybridized carbons (Fsp3) is 0.750. The van der Waals surface area contributed by atoms with Crippen molar-refractivity contribution in [2.24, 2.45) is 0 Å². The lowest BCUT2D eigenvalue weighted by Crippen LogP contribution is -1.99. The molecular formula is C8H21N. The van der Waals surface area contributed by atoms with Crippen molar-refractivity contribution < 1.29 is 0 Å². The number of hydrogen-bond donors (Lipinski definition) is 0. The molecular weight excluding hydrogens is 110 g/mol. The number of allylic oxidation sites excluding steroid dienone is 1. The van der Waals surface area contributed by atoms with Crippen LogP contribution in [0.2, 0.25) is 0 Å². The monoisotopic (exact) mass is 131 g/mol. The molecule has 0 unspecified atom stereocenters. The lowest BCUT2D eigenvalue weighted by atomic mass is 10.4. The van der Waals surface area contributed by atoms with Gasteiger partial charge < -0.3 is 4.90 Å². The number of nitrogens with zero attached hydrogens (tertiary/aromatic N) is 1. The highest BCUT2D eigenvalue weighted by atomic mass is 15.0. The third-order valence-electron chi connectivity index (χ3n) is 0.